The number of aromatic nitrogens is 1. The summed E-state index contributed by atoms with van der Waals surface area (Å²) >= 11 is 0. The van der Waals surface area contributed by atoms with Crippen LogP contribution >= 0.6 is 0 Å². The molecular formula is C12H13F4NO3. The van der Waals surface area contributed by atoms with Gasteiger partial charge in [0.15, 0.2) is 5.78 Å². The summed E-state index contributed by atoms with van der Waals surface area (Å²) in [5.41, 5.74) is 0.0938. The zero-order valence-corrected chi connectivity index (χ0v) is 10.6. The molecule has 0 spiro atoms. The van der Waals surface area contributed by atoms with E-state index >= 15 is 0 Å². The van der Waals surface area contributed by atoms with Gasteiger partial charge < -0.3 is 9.47 Å². The van der Waals surface area contributed by atoms with Crippen molar-refractivity contribution in [1.29, 1.82) is 0 Å². The van der Waals surface area contributed by atoms with E-state index in [-0.39, 0.29) is 5.56 Å². The molecule has 1 rings (SSSR count). The highest BCUT2D eigenvalue weighted by Crippen LogP contribution is 2.23. The van der Waals surface area contributed by atoms with Gasteiger partial charge in [0.1, 0.15) is 19.0 Å². The Morgan fingerprint density at radius 1 is 1.40 bits per heavy atom. The third kappa shape index (κ3) is 4.76. The molecule has 0 saturated carbocycles. The zero-order chi connectivity index (χ0) is 15.2. The zero-order valence-electron chi connectivity index (χ0n) is 10.6. The van der Waals surface area contributed by atoms with Gasteiger partial charge in [-0.15, -0.1) is 0 Å². The molecule has 112 valence electrons. The van der Waals surface area contributed by atoms with Crippen molar-refractivity contribution < 1.29 is 31.8 Å². The molecule has 20 heavy (non-hydrogen) atoms. The lowest BCUT2D eigenvalue weighted by Crippen LogP contribution is -2.33. The average Bonchev–Trinajstić information content (AvgIpc) is 2.39. The summed E-state index contributed by atoms with van der Waals surface area (Å²) in [6.07, 6.45) is -1.24. The molecule has 0 saturated heterocycles. The molecular weight excluding hydrogens is 282 g/mol. The third-order valence-corrected chi connectivity index (χ3v) is 2.19. The Morgan fingerprint density at radius 2 is 2.10 bits per heavy atom. The topological polar surface area (TPSA) is 48.4 Å². The Balaban J connectivity index is 2.53. The molecule has 0 fully saturated rings. The van der Waals surface area contributed by atoms with E-state index in [2.05, 4.69) is 9.72 Å². The van der Waals surface area contributed by atoms with E-state index in [0.717, 1.165) is 0 Å². The highest BCUT2D eigenvalue weighted by atomic mass is 19.3. The van der Waals surface area contributed by atoms with Crippen LogP contribution in [0.3, 0.4) is 0 Å². The highest BCUT2D eigenvalue weighted by Gasteiger charge is 2.41. The molecule has 0 aliphatic rings. The summed E-state index contributed by atoms with van der Waals surface area (Å²) in [5, 5.41) is 0. The summed E-state index contributed by atoms with van der Waals surface area (Å²) in [6, 6.07) is 1.37. The van der Waals surface area contributed by atoms with Crippen LogP contribution in [0.15, 0.2) is 18.5 Å². The van der Waals surface area contributed by atoms with Gasteiger partial charge in [-0.3, -0.25) is 9.78 Å². The molecule has 0 aliphatic carbocycles. The first-order valence-electron chi connectivity index (χ1n) is 5.71. The van der Waals surface area contributed by atoms with Crippen LogP contribution < -0.4 is 4.74 Å². The van der Waals surface area contributed by atoms with Gasteiger partial charge in [0, 0.05) is 11.8 Å². The van der Waals surface area contributed by atoms with Gasteiger partial charge in [-0.1, -0.05) is 0 Å². The summed E-state index contributed by atoms with van der Waals surface area (Å²) in [7, 11) is 0. The van der Waals surface area contributed by atoms with E-state index in [1.807, 2.05) is 0 Å². The second kappa shape index (κ2) is 7.18. The van der Waals surface area contributed by atoms with Crippen molar-refractivity contribution in [3.05, 3.63) is 24.0 Å². The van der Waals surface area contributed by atoms with Crippen LogP contribution in [0.5, 0.6) is 5.75 Å². The van der Waals surface area contributed by atoms with Crippen molar-refractivity contribution in [3.63, 3.8) is 0 Å². The minimum absolute atomic E-state index is 0.0938. The standard InChI is InChI=1S/C12H13F4NO3/c1-2-20-9-3-8(4-17-5-9)10(18)6-19-7-12(15,16)11(13)14/h3-5,11H,2,6-7H2,1H3. The number of pyridine rings is 1. The first-order chi connectivity index (χ1) is 9.36. The second-order valence-corrected chi connectivity index (χ2v) is 3.82. The molecule has 0 bridgehead atoms. The molecule has 1 heterocycles. The van der Waals surface area contributed by atoms with Crippen LogP contribution in [0, 0.1) is 0 Å². The van der Waals surface area contributed by atoms with Gasteiger partial charge in [-0.2, -0.15) is 8.78 Å². The lowest BCUT2D eigenvalue weighted by Gasteiger charge is -2.14. The minimum Gasteiger partial charge on any atom is -0.492 e. The molecule has 0 amide bonds. The number of alkyl halides is 4. The number of Topliss-reactive ketones (excluding diaryl/α,β-unsaturated/α-hetero) is 1. The van der Waals surface area contributed by atoms with Crippen molar-refractivity contribution >= 4 is 5.78 Å². The Kier molecular flexibility index (Phi) is 5.87. The van der Waals surface area contributed by atoms with Gasteiger partial charge in [-0.25, -0.2) is 8.78 Å². The number of nitrogens with zero attached hydrogens (tertiary/aromatic N) is 1. The Morgan fingerprint density at radius 3 is 2.70 bits per heavy atom. The molecule has 0 N–H and O–H groups in total. The third-order valence-electron chi connectivity index (χ3n) is 2.19. The number of rotatable bonds is 8. The number of ether oxygens (including phenoxy) is 2. The van der Waals surface area contributed by atoms with Crippen molar-refractivity contribution in [2.45, 2.75) is 19.3 Å². The van der Waals surface area contributed by atoms with E-state index in [4.69, 9.17) is 4.74 Å². The molecule has 1 aromatic rings. The number of hydrogen-bond acceptors (Lipinski definition) is 4. The maximum absolute atomic E-state index is 12.5. The molecule has 0 atom stereocenters. The van der Waals surface area contributed by atoms with E-state index in [1.165, 1.54) is 18.5 Å². The van der Waals surface area contributed by atoms with Crippen molar-refractivity contribution in [2.75, 3.05) is 19.8 Å². The smallest absolute Gasteiger partial charge is 0.330 e. The number of halogens is 4. The van der Waals surface area contributed by atoms with Crippen molar-refractivity contribution in [3.8, 4) is 5.75 Å². The van der Waals surface area contributed by atoms with Crippen LogP contribution in [-0.2, 0) is 4.74 Å². The van der Waals surface area contributed by atoms with Gasteiger partial charge in [0.05, 0.1) is 12.8 Å². The fourth-order valence-electron chi connectivity index (χ4n) is 1.24. The normalized spacial score (nSPS) is 11.7. The first-order valence-corrected chi connectivity index (χ1v) is 5.71. The van der Waals surface area contributed by atoms with Crippen molar-refractivity contribution in [2.24, 2.45) is 0 Å². The average molecular weight is 295 g/mol. The summed E-state index contributed by atoms with van der Waals surface area (Å²) in [5.74, 6) is -4.58. The van der Waals surface area contributed by atoms with E-state index in [1.54, 1.807) is 6.92 Å². The SMILES string of the molecule is CCOc1cncc(C(=O)COCC(F)(F)C(F)F)c1. The monoisotopic (exact) mass is 295 g/mol. The minimum atomic E-state index is -4.27. The lowest BCUT2D eigenvalue weighted by molar-refractivity contribution is -0.163. The molecule has 1 aromatic heterocycles. The summed E-state index contributed by atoms with van der Waals surface area (Å²) in [4.78, 5) is 15.3. The molecule has 0 aliphatic heterocycles. The lowest BCUT2D eigenvalue weighted by atomic mass is 10.2. The number of carbonyl (C=O) groups excluding carboxylic acids is 1. The molecule has 0 radical (unpaired) electrons. The first kappa shape index (κ1) is 16.4. The highest BCUT2D eigenvalue weighted by molar-refractivity contribution is 5.97. The van der Waals surface area contributed by atoms with Crippen LogP contribution in [0.2, 0.25) is 0 Å². The van der Waals surface area contributed by atoms with Gasteiger partial charge >= 0.3 is 12.3 Å². The van der Waals surface area contributed by atoms with Crippen LogP contribution in [0.1, 0.15) is 17.3 Å². The molecule has 8 heteroatoms. The summed E-state index contributed by atoms with van der Waals surface area (Å²) in [6.45, 7) is -0.144. The predicted octanol–water partition coefficient (Wildman–Crippen LogP) is 2.58. The number of hydrogen-bond donors (Lipinski definition) is 0. The van der Waals surface area contributed by atoms with Gasteiger partial charge in [0.25, 0.3) is 0 Å². The molecule has 4 nitrogen and oxygen atoms in total. The maximum Gasteiger partial charge on any atom is 0.330 e. The van der Waals surface area contributed by atoms with Crippen LogP contribution in [0.4, 0.5) is 17.6 Å². The predicted molar refractivity (Wildman–Crippen MR) is 61.5 cm³/mol. The Labute approximate surface area is 112 Å². The number of carbonyl (C=O) groups is 1. The molecule has 0 aromatic carbocycles. The Hall–Kier alpha value is -1.70. The van der Waals surface area contributed by atoms with E-state index < -0.39 is 31.3 Å². The number of ketones is 1. The van der Waals surface area contributed by atoms with E-state index in [0.29, 0.717) is 12.4 Å². The van der Waals surface area contributed by atoms with Gasteiger partial charge in [-0.05, 0) is 13.0 Å². The van der Waals surface area contributed by atoms with Gasteiger partial charge in [0.2, 0.25) is 0 Å². The molecule has 0 unspecified atom stereocenters. The van der Waals surface area contributed by atoms with Crippen molar-refractivity contribution in [1.82, 2.24) is 4.98 Å². The fourth-order valence-corrected chi connectivity index (χ4v) is 1.24. The largest absolute Gasteiger partial charge is 0.492 e. The van der Waals surface area contributed by atoms with Crippen LogP contribution in [-0.4, -0.2) is 42.9 Å². The fraction of sp³-hybridized carbons (Fsp3) is 0.500. The van der Waals surface area contributed by atoms with E-state index in [9.17, 15) is 22.4 Å². The summed E-state index contributed by atoms with van der Waals surface area (Å²) < 4.78 is 58.2. The Bertz CT molecular complexity index is 454. The quantitative estimate of drug-likeness (QED) is 0.546. The van der Waals surface area contributed by atoms with Crippen LogP contribution in [0.25, 0.3) is 0 Å². The maximum atomic E-state index is 12.5. The second-order valence-electron chi connectivity index (χ2n) is 3.82.